The number of rotatable bonds is 16. The van der Waals surface area contributed by atoms with E-state index in [4.69, 9.17) is 18.0 Å². The zero-order valence-corrected chi connectivity index (χ0v) is 32.2. The van der Waals surface area contributed by atoms with Crippen LogP contribution in [0.2, 0.25) is 54.4 Å². The van der Waals surface area contributed by atoms with Gasteiger partial charge in [-0.1, -0.05) is 87.8 Å². The minimum Gasteiger partial charge on any atom is -0.458 e. The molecule has 0 heterocycles. The van der Waals surface area contributed by atoms with Gasteiger partial charge >= 0.3 is 5.97 Å². The van der Waals surface area contributed by atoms with Gasteiger partial charge in [0.2, 0.25) is 0 Å². The van der Waals surface area contributed by atoms with Gasteiger partial charge in [0.05, 0.1) is 6.10 Å². The number of carbonyl (C=O) groups excluding carboxylic acids is 1. The van der Waals surface area contributed by atoms with Crippen molar-refractivity contribution in [1.82, 2.24) is 0 Å². The smallest absolute Gasteiger partial charge is 0.334 e. The highest BCUT2D eigenvalue weighted by atomic mass is 28.4. The maximum atomic E-state index is 13.9. The fourth-order valence-electron chi connectivity index (χ4n) is 3.46. The van der Waals surface area contributed by atoms with Gasteiger partial charge in [-0.2, -0.15) is 0 Å². The quantitative estimate of drug-likeness (QED) is 0.0983. The molecule has 0 aliphatic heterocycles. The molecule has 40 heavy (non-hydrogen) atoms. The molecule has 0 bridgehead atoms. The monoisotopic (exact) mass is 614 g/mol. The van der Waals surface area contributed by atoms with Gasteiger partial charge in [0.25, 0.3) is 0 Å². The van der Waals surface area contributed by atoms with E-state index in [2.05, 4.69) is 122 Å². The first-order valence-corrected chi connectivity index (χ1v) is 24.0. The first-order valence-electron chi connectivity index (χ1n) is 15.3. The normalized spacial score (nSPS) is 17.1. The van der Waals surface area contributed by atoms with Crippen molar-refractivity contribution in [1.29, 1.82) is 0 Å². The molecule has 0 unspecified atom stereocenters. The van der Waals surface area contributed by atoms with Crippen LogP contribution < -0.4 is 0 Å². The van der Waals surface area contributed by atoms with Gasteiger partial charge in [-0.05, 0) is 73.7 Å². The molecule has 0 saturated carbocycles. The molecule has 0 radical (unpaired) electrons. The molecule has 0 saturated heterocycles. The molecule has 0 rings (SSSR count). The van der Waals surface area contributed by atoms with E-state index in [1.165, 1.54) is 0 Å². The summed E-state index contributed by atoms with van der Waals surface area (Å²) in [5.41, 5.74) is 0. The van der Waals surface area contributed by atoms with Gasteiger partial charge in [-0.25, -0.2) is 4.79 Å². The van der Waals surface area contributed by atoms with Gasteiger partial charge in [-0.3, -0.25) is 0 Å². The molecule has 0 aliphatic rings. The molecule has 236 valence electrons. The average molecular weight is 615 g/mol. The van der Waals surface area contributed by atoms with Crippen molar-refractivity contribution in [2.45, 2.75) is 174 Å². The lowest BCUT2D eigenvalue weighted by Crippen LogP contribution is -2.56. The molecule has 0 aromatic rings. The highest BCUT2D eigenvalue weighted by molar-refractivity contribution is 6.75. The zero-order valence-electron chi connectivity index (χ0n) is 29.2. The van der Waals surface area contributed by atoms with Crippen LogP contribution in [0.4, 0.5) is 0 Å². The first kappa shape index (κ1) is 39.5. The van der Waals surface area contributed by atoms with Crippen LogP contribution in [0.25, 0.3) is 0 Å². The molecule has 0 aromatic heterocycles. The van der Waals surface area contributed by atoms with Crippen LogP contribution in [0.15, 0.2) is 25.3 Å². The van der Waals surface area contributed by atoms with Crippen molar-refractivity contribution in [3.05, 3.63) is 25.3 Å². The van der Waals surface area contributed by atoms with E-state index in [1.54, 1.807) is 0 Å². The number of hydrogen-bond donors (Lipinski definition) is 0. The Kier molecular flexibility index (Phi) is 14.6. The number of allylic oxidation sites excluding steroid dienone is 1. The molecule has 0 amide bonds. The molecule has 0 aromatic carbocycles. The van der Waals surface area contributed by atoms with E-state index in [9.17, 15) is 4.79 Å². The van der Waals surface area contributed by atoms with Gasteiger partial charge in [0, 0.05) is 0 Å². The molecule has 4 atom stereocenters. The van der Waals surface area contributed by atoms with Crippen LogP contribution in [0.1, 0.15) is 94.9 Å². The Morgan fingerprint density at radius 3 is 1.52 bits per heavy atom. The lowest BCUT2D eigenvalue weighted by atomic mass is 10.0. The summed E-state index contributed by atoms with van der Waals surface area (Å²) in [4.78, 5) is 13.9. The van der Waals surface area contributed by atoms with Crippen molar-refractivity contribution in [2.75, 3.05) is 0 Å². The van der Waals surface area contributed by atoms with Crippen LogP contribution in [0, 0.1) is 0 Å². The van der Waals surface area contributed by atoms with Crippen LogP contribution in [-0.2, 0) is 22.8 Å². The maximum Gasteiger partial charge on any atom is 0.334 e. The molecule has 0 aliphatic carbocycles. The van der Waals surface area contributed by atoms with Gasteiger partial charge in [0.15, 0.2) is 25.0 Å². The van der Waals surface area contributed by atoms with E-state index in [0.717, 1.165) is 6.42 Å². The highest BCUT2D eigenvalue weighted by Crippen LogP contribution is 2.42. The van der Waals surface area contributed by atoms with Crippen molar-refractivity contribution in [3.8, 4) is 0 Å². The van der Waals surface area contributed by atoms with Gasteiger partial charge in [0.1, 0.15) is 18.3 Å². The Morgan fingerprint density at radius 1 is 0.725 bits per heavy atom. The highest BCUT2D eigenvalue weighted by Gasteiger charge is 2.47. The molecule has 5 nitrogen and oxygen atoms in total. The summed E-state index contributed by atoms with van der Waals surface area (Å²) < 4.78 is 27.1. The van der Waals surface area contributed by atoms with Crippen molar-refractivity contribution in [3.63, 3.8) is 0 Å². The number of hydrogen-bond acceptors (Lipinski definition) is 5. The van der Waals surface area contributed by atoms with Gasteiger partial charge in [-0.15, -0.1) is 13.2 Å². The third kappa shape index (κ3) is 11.3. The summed E-state index contributed by atoms with van der Waals surface area (Å²) >= 11 is 0. The molecule has 8 heteroatoms. The molecule has 0 N–H and O–H groups in total. The average Bonchev–Trinajstić information content (AvgIpc) is 2.76. The summed E-state index contributed by atoms with van der Waals surface area (Å²) in [5, 5.41) is -0.0341. The van der Waals surface area contributed by atoms with E-state index in [0.29, 0.717) is 19.3 Å². The molecule has 0 fully saturated rings. The fraction of sp³-hybridized carbons (Fsp3) is 0.844. The largest absolute Gasteiger partial charge is 0.458 e. The predicted octanol–water partition coefficient (Wildman–Crippen LogP) is 10.0. The molecular formula is C32H66O5Si3. The minimum atomic E-state index is -2.26. The molecule has 0 spiro atoms. The number of ether oxygens (including phenoxy) is 1. The lowest BCUT2D eigenvalue weighted by molar-refractivity contribution is -0.166. The summed E-state index contributed by atoms with van der Waals surface area (Å²) in [7, 11) is -6.66. The first-order chi connectivity index (χ1) is 17.8. The van der Waals surface area contributed by atoms with Crippen LogP contribution in [0.5, 0.6) is 0 Å². The van der Waals surface area contributed by atoms with Crippen LogP contribution in [-0.4, -0.2) is 55.3 Å². The molecular weight excluding hydrogens is 549 g/mol. The zero-order chi connectivity index (χ0) is 32.0. The van der Waals surface area contributed by atoms with Crippen molar-refractivity contribution >= 4 is 30.9 Å². The third-order valence-corrected chi connectivity index (χ3v) is 22.8. The topological polar surface area (TPSA) is 54.0 Å². The Bertz CT molecular complexity index is 816. The van der Waals surface area contributed by atoms with Gasteiger partial charge < -0.3 is 18.0 Å². The summed E-state index contributed by atoms with van der Waals surface area (Å²) in [6.45, 7) is 43.4. The third-order valence-electron chi connectivity index (χ3n) is 9.38. The summed E-state index contributed by atoms with van der Waals surface area (Å²) in [5.74, 6) is -0.316. The van der Waals surface area contributed by atoms with E-state index in [1.807, 2.05) is 12.2 Å². The van der Waals surface area contributed by atoms with Crippen molar-refractivity contribution < 1.29 is 22.8 Å². The Hall–Kier alpha value is -0.519. The predicted molar refractivity (Wildman–Crippen MR) is 181 cm³/mol. The fourth-order valence-corrected chi connectivity index (χ4v) is 7.33. The van der Waals surface area contributed by atoms with Crippen LogP contribution in [0.3, 0.4) is 0 Å². The lowest BCUT2D eigenvalue weighted by Gasteiger charge is -2.46. The second kappa shape index (κ2) is 14.8. The maximum absolute atomic E-state index is 13.9. The Morgan fingerprint density at radius 2 is 1.15 bits per heavy atom. The number of esters is 1. The van der Waals surface area contributed by atoms with Crippen molar-refractivity contribution in [2.24, 2.45) is 0 Å². The SMILES string of the molecule is C=CCC[C@@H](O[Si](C)(C)C(C)(C)C)C(=O)O[C@H](CCC)[C@@H](O[Si](C)(C)C(C)(C)C)[C@H](C=C)O[Si](C)(C)C(C)(C)C. The van der Waals surface area contributed by atoms with E-state index in [-0.39, 0.29) is 21.1 Å². The standard InChI is InChI=1S/C32H66O5Si3/c1-19-22-24-27(36-39(15,16)31(7,8)9)29(33)34-26(23-20-2)28(37-40(17,18)32(10,11)12)25(21-3)35-38(13,14)30(4,5)6/h19,21,25-28H,1,3,20,22-24H2,2,4-18H3/t25-,26+,27+,28-/m0/s1. The van der Waals surface area contributed by atoms with E-state index >= 15 is 0 Å². The Labute approximate surface area is 252 Å². The number of carbonyl (C=O) groups is 1. The van der Waals surface area contributed by atoms with Crippen LogP contribution >= 0.6 is 0 Å². The van der Waals surface area contributed by atoms with E-state index < -0.39 is 49.4 Å². The second-order valence-corrected chi connectivity index (χ2v) is 30.2. The Balaban J connectivity index is 6.63. The summed E-state index contributed by atoms with van der Waals surface area (Å²) in [6, 6.07) is 0. The second-order valence-electron chi connectivity index (χ2n) is 15.9. The summed E-state index contributed by atoms with van der Waals surface area (Å²) in [6.07, 6.45) is 4.47. The minimum absolute atomic E-state index is 0.0134.